The largest absolute Gasteiger partial charge is 0.320 e. The van der Waals surface area contributed by atoms with Gasteiger partial charge in [0.25, 0.3) is 0 Å². The fraction of sp³-hybridized carbons (Fsp3) is 0.500. The average molecular weight is 306 g/mol. The number of hydrogen-bond acceptors (Lipinski definition) is 3. The van der Waals surface area contributed by atoms with Gasteiger partial charge in [-0.2, -0.15) is 0 Å². The molecule has 0 radical (unpaired) electrons. The van der Waals surface area contributed by atoms with Gasteiger partial charge in [-0.1, -0.05) is 18.8 Å². The number of nitrogens with two attached hydrogens (primary N) is 1. The monoisotopic (exact) mass is 306 g/mol. The van der Waals surface area contributed by atoms with Crippen LogP contribution in [0.15, 0.2) is 29.2 Å². The summed E-state index contributed by atoms with van der Waals surface area (Å²) in [6.45, 7) is 2.51. The fourth-order valence-electron chi connectivity index (χ4n) is 2.54. The molecule has 4 nitrogen and oxygen atoms in total. The summed E-state index contributed by atoms with van der Waals surface area (Å²) in [6, 6.07) is 6.66. The van der Waals surface area contributed by atoms with E-state index in [-0.39, 0.29) is 6.04 Å². The second kappa shape index (κ2) is 7.08. The molecule has 1 aliphatic rings. The highest BCUT2D eigenvalue weighted by Crippen LogP contribution is 2.24. The van der Waals surface area contributed by atoms with Crippen LogP contribution in [0.1, 0.15) is 38.2 Å². The van der Waals surface area contributed by atoms with Crippen LogP contribution in [0.3, 0.4) is 0 Å². The van der Waals surface area contributed by atoms with Crippen molar-refractivity contribution in [1.82, 2.24) is 4.72 Å². The third-order valence-electron chi connectivity index (χ3n) is 3.84. The summed E-state index contributed by atoms with van der Waals surface area (Å²) in [7, 11) is -3.44. The van der Waals surface area contributed by atoms with Crippen LogP contribution in [0.4, 0.5) is 0 Å². The molecule has 0 aliphatic heterocycles. The van der Waals surface area contributed by atoms with Crippen molar-refractivity contribution < 1.29 is 8.42 Å². The van der Waals surface area contributed by atoms with Gasteiger partial charge in [-0.15, -0.1) is 0 Å². The van der Waals surface area contributed by atoms with E-state index in [9.17, 15) is 8.42 Å². The summed E-state index contributed by atoms with van der Waals surface area (Å²) in [4.78, 5) is 0.291. The first-order valence-electron chi connectivity index (χ1n) is 7.32. The van der Waals surface area contributed by atoms with Crippen molar-refractivity contribution in [3.8, 4) is 11.8 Å². The summed E-state index contributed by atoms with van der Waals surface area (Å²) in [5, 5.41) is 0. The van der Waals surface area contributed by atoms with Gasteiger partial charge in [0, 0.05) is 11.6 Å². The molecule has 114 valence electrons. The quantitative estimate of drug-likeness (QED) is 0.837. The first kappa shape index (κ1) is 16.0. The molecule has 1 saturated carbocycles. The summed E-state index contributed by atoms with van der Waals surface area (Å²) in [5.41, 5.74) is 6.08. The Morgan fingerprint density at radius 3 is 2.38 bits per heavy atom. The highest BCUT2D eigenvalue weighted by Gasteiger charge is 2.23. The van der Waals surface area contributed by atoms with Crippen molar-refractivity contribution in [3.63, 3.8) is 0 Å². The van der Waals surface area contributed by atoms with Crippen LogP contribution >= 0.6 is 0 Å². The second-order valence-corrected chi connectivity index (χ2v) is 7.32. The summed E-state index contributed by atoms with van der Waals surface area (Å²) in [6.07, 6.45) is 4.00. The van der Waals surface area contributed by atoms with Gasteiger partial charge in [0.15, 0.2) is 0 Å². The molecule has 3 N–H and O–H groups in total. The van der Waals surface area contributed by atoms with E-state index >= 15 is 0 Å². The van der Waals surface area contributed by atoms with Gasteiger partial charge in [0.2, 0.25) is 10.0 Å². The maximum absolute atomic E-state index is 12.3. The molecule has 1 fully saturated rings. The molecule has 0 spiro atoms. The predicted molar refractivity (Wildman–Crippen MR) is 84.1 cm³/mol. The molecule has 0 bridgehead atoms. The highest BCUT2D eigenvalue weighted by molar-refractivity contribution is 7.89. The van der Waals surface area contributed by atoms with E-state index in [4.69, 9.17) is 5.73 Å². The van der Waals surface area contributed by atoms with E-state index < -0.39 is 10.0 Å². The second-order valence-electron chi connectivity index (χ2n) is 5.61. The molecule has 1 aromatic rings. The van der Waals surface area contributed by atoms with Crippen LogP contribution in [-0.4, -0.2) is 21.0 Å². The molecule has 1 aromatic carbocycles. The maximum atomic E-state index is 12.3. The lowest BCUT2D eigenvalue weighted by atomic mass is 9.88. The Morgan fingerprint density at radius 2 is 1.81 bits per heavy atom. The van der Waals surface area contributed by atoms with E-state index in [0.717, 1.165) is 31.2 Å². The van der Waals surface area contributed by atoms with Gasteiger partial charge in [0.1, 0.15) is 0 Å². The zero-order chi connectivity index (χ0) is 15.3. The van der Waals surface area contributed by atoms with Gasteiger partial charge in [-0.3, -0.25) is 0 Å². The molecule has 0 unspecified atom stereocenters. The van der Waals surface area contributed by atoms with Crippen LogP contribution in [0.2, 0.25) is 0 Å². The SMILES string of the molecule is CC1CCC(NS(=O)(=O)c2ccc(C#CCN)cc2)CC1. The van der Waals surface area contributed by atoms with Crippen molar-refractivity contribution in [2.45, 2.75) is 43.5 Å². The lowest BCUT2D eigenvalue weighted by Gasteiger charge is -2.26. The van der Waals surface area contributed by atoms with Crippen LogP contribution in [0, 0.1) is 17.8 Å². The third-order valence-corrected chi connectivity index (χ3v) is 5.37. The molecule has 21 heavy (non-hydrogen) atoms. The van der Waals surface area contributed by atoms with Gasteiger partial charge < -0.3 is 5.73 Å². The Bertz CT molecular complexity index is 618. The molecular weight excluding hydrogens is 284 g/mol. The minimum atomic E-state index is -3.44. The first-order chi connectivity index (χ1) is 10.0. The molecule has 0 saturated heterocycles. The molecule has 0 amide bonds. The van der Waals surface area contributed by atoms with E-state index in [0.29, 0.717) is 17.4 Å². The number of sulfonamides is 1. The molecular formula is C16H22N2O2S. The van der Waals surface area contributed by atoms with E-state index in [1.165, 1.54) is 0 Å². The van der Waals surface area contributed by atoms with Gasteiger partial charge >= 0.3 is 0 Å². The highest BCUT2D eigenvalue weighted by atomic mass is 32.2. The summed E-state index contributed by atoms with van der Waals surface area (Å²) >= 11 is 0. The van der Waals surface area contributed by atoms with Crippen molar-refractivity contribution in [3.05, 3.63) is 29.8 Å². The molecule has 0 atom stereocenters. The van der Waals surface area contributed by atoms with E-state index in [1.54, 1.807) is 24.3 Å². The number of hydrogen-bond donors (Lipinski definition) is 2. The standard InChI is InChI=1S/C16H22N2O2S/c1-13-4-8-15(9-5-13)18-21(19,20)16-10-6-14(7-11-16)3-2-12-17/h6-7,10-11,13,15,18H,4-5,8-9,12,17H2,1H3. The Kier molecular flexibility index (Phi) is 5.40. The minimum absolute atomic E-state index is 0.0582. The number of benzene rings is 1. The molecule has 0 heterocycles. The molecule has 0 aromatic heterocycles. The van der Waals surface area contributed by atoms with E-state index in [1.807, 2.05) is 0 Å². The van der Waals surface area contributed by atoms with Gasteiger partial charge in [0.05, 0.1) is 11.4 Å². The minimum Gasteiger partial charge on any atom is -0.320 e. The summed E-state index contributed by atoms with van der Waals surface area (Å²) < 4.78 is 27.5. The molecule has 1 aliphatic carbocycles. The zero-order valence-corrected chi connectivity index (χ0v) is 13.1. The van der Waals surface area contributed by atoms with Crippen LogP contribution in [0.5, 0.6) is 0 Å². The molecule has 5 heteroatoms. The van der Waals surface area contributed by atoms with Gasteiger partial charge in [-0.05, 0) is 55.9 Å². The topological polar surface area (TPSA) is 72.2 Å². The van der Waals surface area contributed by atoms with Crippen molar-refractivity contribution in [1.29, 1.82) is 0 Å². The smallest absolute Gasteiger partial charge is 0.240 e. The zero-order valence-electron chi connectivity index (χ0n) is 12.3. The Hall–Kier alpha value is -1.35. The van der Waals surface area contributed by atoms with Crippen LogP contribution in [0.25, 0.3) is 0 Å². The third kappa shape index (κ3) is 4.57. The molecule has 2 rings (SSSR count). The van der Waals surface area contributed by atoms with Crippen molar-refractivity contribution in [2.75, 3.05) is 6.54 Å². The predicted octanol–water partition coefficient (Wildman–Crippen LogP) is 1.85. The normalized spacial score (nSPS) is 22.4. The summed E-state index contributed by atoms with van der Waals surface area (Å²) in [5.74, 6) is 6.32. The lowest BCUT2D eigenvalue weighted by Crippen LogP contribution is -2.37. The first-order valence-corrected chi connectivity index (χ1v) is 8.81. The van der Waals surface area contributed by atoms with Gasteiger partial charge in [-0.25, -0.2) is 13.1 Å². The Morgan fingerprint density at radius 1 is 1.19 bits per heavy atom. The lowest BCUT2D eigenvalue weighted by molar-refractivity contribution is 0.332. The number of nitrogens with one attached hydrogen (secondary N) is 1. The van der Waals surface area contributed by atoms with Crippen LogP contribution in [-0.2, 0) is 10.0 Å². The van der Waals surface area contributed by atoms with Crippen molar-refractivity contribution >= 4 is 10.0 Å². The fourth-order valence-corrected chi connectivity index (χ4v) is 3.84. The number of rotatable bonds is 3. The Labute approximate surface area is 127 Å². The average Bonchev–Trinajstić information content (AvgIpc) is 2.48. The maximum Gasteiger partial charge on any atom is 0.240 e. The Balaban J connectivity index is 2.05. The van der Waals surface area contributed by atoms with Crippen LogP contribution < -0.4 is 10.5 Å². The van der Waals surface area contributed by atoms with E-state index in [2.05, 4.69) is 23.5 Å². The van der Waals surface area contributed by atoms with Crippen molar-refractivity contribution in [2.24, 2.45) is 11.7 Å².